The van der Waals surface area contributed by atoms with Crippen molar-refractivity contribution in [2.45, 2.75) is 65.5 Å². The van der Waals surface area contributed by atoms with E-state index < -0.39 is 0 Å². The molecule has 1 unspecified atom stereocenters. The van der Waals surface area contributed by atoms with E-state index in [-0.39, 0.29) is 30.1 Å². The van der Waals surface area contributed by atoms with Crippen LogP contribution in [-0.2, 0) is 9.53 Å². The first kappa shape index (κ1) is 20.2. The molecular formula is C18H30N2O4. The molecule has 136 valence electrons. The van der Waals surface area contributed by atoms with Crippen molar-refractivity contribution < 1.29 is 18.7 Å². The van der Waals surface area contributed by atoms with E-state index in [0.717, 1.165) is 24.8 Å². The summed E-state index contributed by atoms with van der Waals surface area (Å²) in [6.45, 7) is 10.0. The first-order valence-corrected chi connectivity index (χ1v) is 8.47. The second-order valence-electron chi connectivity index (χ2n) is 6.99. The van der Waals surface area contributed by atoms with E-state index in [1.807, 2.05) is 27.7 Å². The minimum absolute atomic E-state index is 0.0127. The van der Waals surface area contributed by atoms with E-state index >= 15 is 0 Å². The molecule has 0 bridgehead atoms. The Labute approximate surface area is 144 Å². The zero-order chi connectivity index (χ0) is 18.2. The summed E-state index contributed by atoms with van der Waals surface area (Å²) in [5.41, 5.74) is 0.967. The van der Waals surface area contributed by atoms with Gasteiger partial charge in [-0.25, -0.2) is 0 Å². The lowest BCUT2D eigenvalue weighted by atomic mass is 10.1. The van der Waals surface area contributed by atoms with Crippen LogP contribution in [0.5, 0.6) is 0 Å². The Hall–Kier alpha value is -1.82. The van der Waals surface area contributed by atoms with Gasteiger partial charge in [-0.05, 0) is 39.7 Å². The van der Waals surface area contributed by atoms with Gasteiger partial charge in [0.05, 0.1) is 17.4 Å². The molecule has 0 spiro atoms. The molecule has 0 saturated heterocycles. The third-order valence-corrected chi connectivity index (χ3v) is 3.52. The molecule has 0 aliphatic carbocycles. The van der Waals surface area contributed by atoms with E-state index in [4.69, 9.17) is 9.15 Å². The van der Waals surface area contributed by atoms with Gasteiger partial charge in [-0.3, -0.25) is 9.59 Å². The number of hydrogen-bond donors (Lipinski definition) is 2. The van der Waals surface area contributed by atoms with Crippen LogP contribution >= 0.6 is 0 Å². The summed E-state index contributed by atoms with van der Waals surface area (Å²) in [5.74, 6) is -0.359. The molecule has 24 heavy (non-hydrogen) atoms. The fraction of sp³-hybridized carbons (Fsp3) is 0.667. The molecule has 6 heteroatoms. The molecule has 1 atom stereocenters. The molecule has 1 aromatic heterocycles. The molecule has 2 amide bonds. The van der Waals surface area contributed by atoms with E-state index in [9.17, 15) is 9.59 Å². The zero-order valence-corrected chi connectivity index (χ0v) is 15.4. The molecule has 0 saturated carbocycles. The molecule has 2 N–H and O–H groups in total. The molecule has 1 aromatic rings. The van der Waals surface area contributed by atoms with Crippen molar-refractivity contribution in [3.05, 3.63) is 23.7 Å². The minimum Gasteiger partial charge on any atom is -0.471 e. The van der Waals surface area contributed by atoms with Crippen LogP contribution in [0, 0.1) is 6.92 Å². The van der Waals surface area contributed by atoms with Crippen LogP contribution in [-0.4, -0.2) is 36.6 Å². The highest BCUT2D eigenvalue weighted by Gasteiger charge is 2.18. The van der Waals surface area contributed by atoms with Gasteiger partial charge in [0.2, 0.25) is 5.91 Å². The lowest BCUT2D eigenvalue weighted by Crippen LogP contribution is -2.45. The fourth-order valence-electron chi connectivity index (χ4n) is 2.10. The number of nitrogens with one attached hydrogen (secondary N) is 2. The van der Waals surface area contributed by atoms with Crippen molar-refractivity contribution in [3.63, 3.8) is 0 Å². The monoisotopic (exact) mass is 338 g/mol. The number of rotatable bonds is 9. The Morgan fingerprint density at radius 1 is 1.29 bits per heavy atom. The van der Waals surface area contributed by atoms with Gasteiger partial charge < -0.3 is 19.8 Å². The Balaban J connectivity index is 2.51. The normalized spacial score (nSPS) is 12.7. The summed E-state index contributed by atoms with van der Waals surface area (Å²) in [4.78, 5) is 24.2. The average molecular weight is 338 g/mol. The van der Waals surface area contributed by atoms with E-state index in [2.05, 4.69) is 17.6 Å². The van der Waals surface area contributed by atoms with E-state index in [1.54, 1.807) is 6.26 Å². The Morgan fingerprint density at radius 2 is 2.00 bits per heavy atom. The van der Waals surface area contributed by atoms with Crippen LogP contribution in [0.3, 0.4) is 0 Å². The predicted molar refractivity (Wildman–Crippen MR) is 92.9 cm³/mol. The summed E-state index contributed by atoms with van der Waals surface area (Å²) in [7, 11) is 0. The average Bonchev–Trinajstić information content (AvgIpc) is 2.93. The molecule has 0 radical (unpaired) electrons. The Bertz CT molecular complexity index is 531. The minimum atomic E-state index is -0.355. The predicted octanol–water partition coefficient (Wildman–Crippen LogP) is 2.81. The van der Waals surface area contributed by atoms with Crippen molar-refractivity contribution >= 4 is 11.8 Å². The molecule has 0 aromatic carbocycles. The van der Waals surface area contributed by atoms with Crippen molar-refractivity contribution in [3.8, 4) is 0 Å². The Kier molecular flexibility index (Phi) is 7.98. The van der Waals surface area contributed by atoms with E-state index in [1.165, 1.54) is 6.26 Å². The first-order chi connectivity index (χ1) is 11.2. The van der Waals surface area contributed by atoms with E-state index in [0.29, 0.717) is 12.1 Å². The van der Waals surface area contributed by atoms with Crippen LogP contribution in [0.1, 0.15) is 62.9 Å². The second-order valence-corrected chi connectivity index (χ2v) is 6.99. The van der Waals surface area contributed by atoms with Crippen LogP contribution in [0.15, 0.2) is 16.9 Å². The smallest absolute Gasteiger partial charge is 0.255 e. The molecule has 6 nitrogen and oxygen atoms in total. The van der Waals surface area contributed by atoms with Crippen molar-refractivity contribution in [1.82, 2.24) is 10.6 Å². The lowest BCUT2D eigenvalue weighted by molar-refractivity contribution is -0.130. The largest absolute Gasteiger partial charge is 0.471 e. The highest BCUT2D eigenvalue weighted by molar-refractivity contribution is 5.95. The van der Waals surface area contributed by atoms with Crippen LogP contribution in [0.4, 0.5) is 0 Å². The van der Waals surface area contributed by atoms with Gasteiger partial charge >= 0.3 is 0 Å². The van der Waals surface area contributed by atoms with Gasteiger partial charge in [0.25, 0.3) is 5.91 Å². The third kappa shape index (κ3) is 7.64. The standard InChI is InChI=1S/C18H30N2O4/c1-6-7-8-14(9-19-16(21)12-24-18(3,4)5)20-17(22)15-11-23-10-13(15)2/h10-11,14H,6-9,12H2,1-5H3,(H,19,21)(H,20,22). The van der Waals surface area contributed by atoms with Crippen molar-refractivity contribution in [1.29, 1.82) is 0 Å². The number of aryl methyl sites for hydroxylation is 1. The number of amides is 2. The van der Waals surface area contributed by atoms with Crippen LogP contribution < -0.4 is 10.6 Å². The molecule has 0 aliphatic heterocycles. The van der Waals surface area contributed by atoms with Gasteiger partial charge in [0.1, 0.15) is 12.9 Å². The van der Waals surface area contributed by atoms with Gasteiger partial charge in [-0.1, -0.05) is 19.8 Å². The van der Waals surface area contributed by atoms with Gasteiger partial charge in [-0.2, -0.15) is 0 Å². The first-order valence-electron chi connectivity index (χ1n) is 8.47. The summed E-state index contributed by atoms with van der Waals surface area (Å²) >= 11 is 0. The number of ether oxygens (including phenoxy) is 1. The number of hydrogen-bond acceptors (Lipinski definition) is 4. The summed E-state index contributed by atoms with van der Waals surface area (Å²) in [6, 6.07) is -0.120. The molecule has 0 fully saturated rings. The molecule has 1 heterocycles. The number of carbonyl (C=O) groups excluding carboxylic acids is 2. The second kappa shape index (κ2) is 9.47. The molecular weight excluding hydrogens is 308 g/mol. The maximum atomic E-state index is 12.3. The quantitative estimate of drug-likeness (QED) is 0.725. The fourth-order valence-corrected chi connectivity index (χ4v) is 2.10. The zero-order valence-electron chi connectivity index (χ0n) is 15.4. The topological polar surface area (TPSA) is 80.6 Å². The van der Waals surface area contributed by atoms with Crippen LogP contribution in [0.2, 0.25) is 0 Å². The third-order valence-electron chi connectivity index (χ3n) is 3.52. The SMILES string of the molecule is CCCCC(CNC(=O)COC(C)(C)C)NC(=O)c1cocc1C. The van der Waals surface area contributed by atoms with Crippen LogP contribution in [0.25, 0.3) is 0 Å². The number of unbranched alkanes of at least 4 members (excludes halogenated alkanes) is 1. The Morgan fingerprint density at radius 3 is 2.54 bits per heavy atom. The highest BCUT2D eigenvalue weighted by Crippen LogP contribution is 2.10. The number of furan rings is 1. The van der Waals surface area contributed by atoms with Crippen molar-refractivity contribution in [2.24, 2.45) is 0 Å². The summed E-state index contributed by atoms with van der Waals surface area (Å²) in [5, 5.41) is 5.80. The lowest BCUT2D eigenvalue weighted by Gasteiger charge is -2.21. The summed E-state index contributed by atoms with van der Waals surface area (Å²) in [6.07, 6.45) is 5.79. The highest BCUT2D eigenvalue weighted by atomic mass is 16.5. The maximum Gasteiger partial charge on any atom is 0.255 e. The molecule has 1 rings (SSSR count). The molecule has 0 aliphatic rings. The van der Waals surface area contributed by atoms with Gasteiger partial charge in [0.15, 0.2) is 0 Å². The van der Waals surface area contributed by atoms with Crippen molar-refractivity contribution in [2.75, 3.05) is 13.2 Å². The summed E-state index contributed by atoms with van der Waals surface area (Å²) < 4.78 is 10.5. The maximum absolute atomic E-state index is 12.3. The van der Waals surface area contributed by atoms with Gasteiger partial charge in [-0.15, -0.1) is 0 Å². The van der Waals surface area contributed by atoms with Gasteiger partial charge in [0, 0.05) is 12.6 Å². The number of carbonyl (C=O) groups is 2.